The van der Waals surface area contributed by atoms with Crippen molar-refractivity contribution >= 4 is 15.9 Å². The number of nitrogens with zero attached hydrogens (tertiary/aromatic N) is 2. The molecule has 0 radical (unpaired) electrons. The van der Waals surface area contributed by atoms with E-state index >= 15 is 0 Å². The van der Waals surface area contributed by atoms with Gasteiger partial charge in [-0.1, -0.05) is 53.7 Å². The molecule has 0 unspecified atom stereocenters. The molecule has 8 nitrogen and oxygen atoms in total. The van der Waals surface area contributed by atoms with Crippen LogP contribution in [-0.4, -0.2) is 37.5 Å². The van der Waals surface area contributed by atoms with Crippen LogP contribution in [0.2, 0.25) is 0 Å². The Balaban J connectivity index is 1.23. The number of hydrogen-bond acceptors (Lipinski definition) is 7. The average Bonchev–Trinajstić information content (AvgIpc) is 3.30. The van der Waals surface area contributed by atoms with E-state index in [1.807, 2.05) is 18.2 Å². The predicted octanol–water partition coefficient (Wildman–Crippen LogP) is 5.23. The third kappa shape index (κ3) is 6.57. The Labute approximate surface area is 210 Å². The fourth-order valence-corrected chi connectivity index (χ4v) is 4.71. The number of amides is 1. The Morgan fingerprint density at radius 1 is 0.972 bits per heavy atom. The summed E-state index contributed by atoms with van der Waals surface area (Å²) in [5.41, 5.74) is 3.41. The van der Waals surface area contributed by atoms with E-state index in [2.05, 4.69) is 21.5 Å². The zero-order valence-electron chi connectivity index (χ0n) is 20.1. The van der Waals surface area contributed by atoms with Crippen LogP contribution in [0.3, 0.4) is 0 Å². The summed E-state index contributed by atoms with van der Waals surface area (Å²) in [6.07, 6.45) is 3.19. The molecule has 0 aliphatic carbocycles. The lowest BCUT2D eigenvalue weighted by molar-refractivity contribution is 0.200. The third-order valence-corrected chi connectivity index (χ3v) is 6.69. The number of hydrogen-bond donors (Lipinski definition) is 1. The van der Waals surface area contributed by atoms with Crippen LogP contribution in [0.1, 0.15) is 24.3 Å². The van der Waals surface area contributed by atoms with Gasteiger partial charge in [-0.3, -0.25) is 0 Å². The van der Waals surface area contributed by atoms with Crippen molar-refractivity contribution in [1.82, 2.24) is 15.5 Å². The number of benzene rings is 3. The number of sulfone groups is 1. The fourth-order valence-electron chi connectivity index (χ4n) is 3.80. The summed E-state index contributed by atoms with van der Waals surface area (Å²) in [4.78, 5) is 16.7. The lowest BCUT2D eigenvalue weighted by atomic mass is 10.0. The topological polar surface area (TPSA) is 111 Å². The number of aromatic nitrogens is 2. The molecule has 9 heteroatoms. The molecule has 0 aliphatic rings. The fraction of sp³-hybridized carbons (Fsp3) is 0.222. The minimum atomic E-state index is -3.36. The number of carbonyl (C=O) groups excluding carboxylic acids is 1. The van der Waals surface area contributed by atoms with E-state index in [1.165, 1.54) is 6.26 Å². The first-order valence-electron chi connectivity index (χ1n) is 11.5. The molecule has 4 rings (SSSR count). The molecule has 3 aromatic carbocycles. The Morgan fingerprint density at radius 3 is 2.47 bits per heavy atom. The number of rotatable bonds is 9. The number of ether oxygens (including phenoxy) is 1. The Bertz CT molecular complexity index is 1450. The Morgan fingerprint density at radius 2 is 1.75 bits per heavy atom. The maximum absolute atomic E-state index is 12.2. The summed E-state index contributed by atoms with van der Waals surface area (Å²) in [5.74, 6) is 1.48. The number of nitrogens with one attached hydrogen (secondary N) is 1. The van der Waals surface area contributed by atoms with Crippen molar-refractivity contribution in [2.24, 2.45) is 0 Å². The molecule has 0 bridgehead atoms. The summed E-state index contributed by atoms with van der Waals surface area (Å²) >= 11 is 0. The van der Waals surface area contributed by atoms with Gasteiger partial charge in [0.05, 0.1) is 4.90 Å². The van der Waals surface area contributed by atoms with E-state index in [-0.39, 0.29) is 4.90 Å². The summed E-state index contributed by atoms with van der Waals surface area (Å²) in [5, 5.41) is 6.71. The molecule has 0 aliphatic heterocycles. The number of aryl methyl sites for hydroxylation is 2. The Kier molecular flexibility index (Phi) is 7.80. The zero-order valence-corrected chi connectivity index (χ0v) is 20.9. The Hall–Kier alpha value is -3.98. The maximum Gasteiger partial charge on any atom is 0.412 e. The zero-order chi connectivity index (χ0) is 25.5. The normalized spacial score (nSPS) is 11.3. The molecule has 0 atom stereocenters. The van der Waals surface area contributed by atoms with Crippen LogP contribution in [0.4, 0.5) is 4.79 Å². The van der Waals surface area contributed by atoms with Gasteiger partial charge in [0.2, 0.25) is 11.7 Å². The van der Waals surface area contributed by atoms with E-state index in [0.717, 1.165) is 36.0 Å². The van der Waals surface area contributed by atoms with Crippen molar-refractivity contribution in [3.63, 3.8) is 0 Å². The molecule has 0 saturated carbocycles. The molecule has 4 aromatic rings. The smallest absolute Gasteiger partial charge is 0.410 e. The van der Waals surface area contributed by atoms with Crippen LogP contribution >= 0.6 is 0 Å². The molecule has 0 spiro atoms. The summed E-state index contributed by atoms with van der Waals surface area (Å²) in [6.45, 7) is 2.25. The SMILES string of the molecule is Cc1nc(-c2cccc(CCCCNC(=O)Oc3ccc(-c4ccccc4S(C)(=O)=O)cc3)c2)no1. The van der Waals surface area contributed by atoms with Crippen LogP contribution in [0, 0.1) is 6.92 Å². The van der Waals surface area contributed by atoms with Crippen LogP contribution < -0.4 is 10.1 Å². The van der Waals surface area contributed by atoms with Gasteiger partial charge in [-0.05, 0) is 54.7 Å². The third-order valence-electron chi connectivity index (χ3n) is 5.54. The highest BCUT2D eigenvalue weighted by atomic mass is 32.2. The van der Waals surface area contributed by atoms with Gasteiger partial charge < -0.3 is 14.6 Å². The van der Waals surface area contributed by atoms with Gasteiger partial charge in [-0.15, -0.1) is 0 Å². The number of carbonyl (C=O) groups is 1. The predicted molar refractivity (Wildman–Crippen MR) is 136 cm³/mol. The molecule has 1 amide bonds. The number of unbranched alkanes of at least 4 members (excludes halogenated alkanes) is 1. The van der Waals surface area contributed by atoms with E-state index < -0.39 is 15.9 Å². The van der Waals surface area contributed by atoms with Crippen LogP contribution in [0.25, 0.3) is 22.5 Å². The highest BCUT2D eigenvalue weighted by Crippen LogP contribution is 2.28. The van der Waals surface area contributed by atoms with Gasteiger partial charge in [0.25, 0.3) is 0 Å². The average molecular weight is 506 g/mol. The van der Waals surface area contributed by atoms with Crippen molar-refractivity contribution in [2.45, 2.75) is 31.1 Å². The molecule has 1 aromatic heterocycles. The van der Waals surface area contributed by atoms with Crippen molar-refractivity contribution in [3.8, 4) is 28.3 Å². The summed E-state index contributed by atoms with van der Waals surface area (Å²) in [6, 6.07) is 21.6. The second-order valence-corrected chi connectivity index (χ2v) is 10.4. The summed E-state index contributed by atoms with van der Waals surface area (Å²) < 4.78 is 34.5. The molecule has 186 valence electrons. The lowest BCUT2D eigenvalue weighted by Crippen LogP contribution is -2.27. The van der Waals surface area contributed by atoms with Crippen LogP contribution in [0.15, 0.2) is 82.2 Å². The van der Waals surface area contributed by atoms with Gasteiger partial charge in [-0.2, -0.15) is 4.98 Å². The maximum atomic E-state index is 12.2. The first-order valence-corrected chi connectivity index (χ1v) is 13.4. The molecule has 0 fully saturated rings. The van der Waals surface area contributed by atoms with Gasteiger partial charge in [0.1, 0.15) is 5.75 Å². The van der Waals surface area contributed by atoms with E-state index in [0.29, 0.717) is 29.6 Å². The standard InChI is InChI=1S/C27H27N3O5S/c1-19-29-26(30-35-19)22-10-7-9-20(18-22)8-5-6-17-28-27(31)34-23-15-13-21(14-16-23)24-11-3-4-12-25(24)36(2,32)33/h3-4,7,9-16,18H,5-6,8,17H2,1-2H3,(H,28,31). The van der Waals surface area contributed by atoms with Crippen molar-refractivity contribution < 1.29 is 22.5 Å². The van der Waals surface area contributed by atoms with Crippen LogP contribution in [-0.2, 0) is 16.3 Å². The molecule has 0 saturated heterocycles. The minimum absolute atomic E-state index is 0.257. The van der Waals surface area contributed by atoms with E-state index in [1.54, 1.807) is 55.5 Å². The van der Waals surface area contributed by atoms with Gasteiger partial charge in [-0.25, -0.2) is 13.2 Å². The molecule has 1 heterocycles. The lowest BCUT2D eigenvalue weighted by Gasteiger charge is -2.10. The first kappa shape index (κ1) is 25.1. The molecule has 36 heavy (non-hydrogen) atoms. The second-order valence-electron chi connectivity index (χ2n) is 8.40. The first-order chi connectivity index (χ1) is 17.3. The van der Waals surface area contributed by atoms with Crippen molar-refractivity contribution in [2.75, 3.05) is 12.8 Å². The molecule has 1 N–H and O–H groups in total. The minimum Gasteiger partial charge on any atom is -0.410 e. The van der Waals surface area contributed by atoms with Crippen LogP contribution in [0.5, 0.6) is 5.75 Å². The van der Waals surface area contributed by atoms with Crippen molar-refractivity contribution in [3.05, 3.63) is 84.3 Å². The highest BCUT2D eigenvalue weighted by molar-refractivity contribution is 7.90. The van der Waals surface area contributed by atoms with Gasteiger partial charge in [0.15, 0.2) is 9.84 Å². The summed E-state index contributed by atoms with van der Waals surface area (Å²) in [7, 11) is -3.36. The van der Waals surface area contributed by atoms with Crippen molar-refractivity contribution in [1.29, 1.82) is 0 Å². The monoisotopic (exact) mass is 505 g/mol. The van der Waals surface area contributed by atoms with Gasteiger partial charge >= 0.3 is 6.09 Å². The largest absolute Gasteiger partial charge is 0.412 e. The molecular formula is C27H27N3O5S. The second kappa shape index (κ2) is 11.2. The molecular weight excluding hydrogens is 478 g/mol. The quantitative estimate of drug-likeness (QED) is 0.310. The van der Waals surface area contributed by atoms with Gasteiger partial charge in [0, 0.05) is 30.9 Å². The highest BCUT2D eigenvalue weighted by Gasteiger charge is 2.14. The van der Waals surface area contributed by atoms with E-state index in [4.69, 9.17) is 9.26 Å². The van der Waals surface area contributed by atoms with E-state index in [9.17, 15) is 13.2 Å².